The molecule has 3 aromatic rings. The first kappa shape index (κ1) is 25.8. The smallest absolute Gasteiger partial charge is 0.250 e. The van der Waals surface area contributed by atoms with E-state index in [0.29, 0.717) is 21.8 Å². The van der Waals surface area contributed by atoms with E-state index >= 15 is 0 Å². The quantitative estimate of drug-likeness (QED) is 0.226. The van der Waals surface area contributed by atoms with E-state index in [4.69, 9.17) is 21.1 Å². The van der Waals surface area contributed by atoms with Gasteiger partial charge in [0.2, 0.25) is 5.75 Å². The van der Waals surface area contributed by atoms with Crippen LogP contribution >= 0.6 is 23.4 Å². The summed E-state index contributed by atoms with van der Waals surface area (Å²) in [6.07, 6.45) is 7.13. The molecule has 2 aromatic carbocycles. The predicted molar refractivity (Wildman–Crippen MR) is 140 cm³/mol. The van der Waals surface area contributed by atoms with Crippen molar-refractivity contribution in [3.63, 3.8) is 0 Å². The number of thioether (sulfide) groups is 1. The van der Waals surface area contributed by atoms with E-state index in [1.54, 1.807) is 12.1 Å². The molecule has 190 valence electrons. The Kier molecular flexibility index (Phi) is 8.71. The molecule has 1 aromatic heterocycles. The second kappa shape index (κ2) is 12.1. The number of rotatable bonds is 9. The first-order valence-electron chi connectivity index (χ1n) is 11.6. The number of amides is 1. The maximum Gasteiger partial charge on any atom is 0.250 e. The SMILES string of the molecule is COc1cc(/C=N/NC(=O)CSc2nnc(-c3ccc(Cl)cc3)n2C2CCCCC2)cc(OC)c1O. The lowest BCUT2D eigenvalue weighted by molar-refractivity contribution is -0.118. The first-order valence-corrected chi connectivity index (χ1v) is 13.0. The summed E-state index contributed by atoms with van der Waals surface area (Å²) in [4.78, 5) is 12.5. The number of ether oxygens (including phenoxy) is 2. The van der Waals surface area contributed by atoms with Crippen LogP contribution in [0.1, 0.15) is 43.7 Å². The molecule has 9 nitrogen and oxygen atoms in total. The number of carbonyl (C=O) groups excluding carboxylic acids is 1. The molecule has 11 heteroatoms. The van der Waals surface area contributed by atoms with Crippen molar-refractivity contribution in [1.29, 1.82) is 0 Å². The number of hydrogen-bond acceptors (Lipinski definition) is 8. The van der Waals surface area contributed by atoms with E-state index in [1.165, 1.54) is 38.6 Å². The van der Waals surface area contributed by atoms with Gasteiger partial charge in [0.1, 0.15) is 0 Å². The van der Waals surface area contributed by atoms with Crippen LogP contribution < -0.4 is 14.9 Å². The maximum absolute atomic E-state index is 12.5. The Balaban J connectivity index is 1.44. The first-order chi connectivity index (χ1) is 17.5. The zero-order valence-corrected chi connectivity index (χ0v) is 21.7. The maximum atomic E-state index is 12.5. The fourth-order valence-corrected chi connectivity index (χ4v) is 5.09. The highest BCUT2D eigenvalue weighted by molar-refractivity contribution is 7.99. The summed E-state index contributed by atoms with van der Waals surface area (Å²) >= 11 is 7.40. The van der Waals surface area contributed by atoms with Gasteiger partial charge in [-0.15, -0.1) is 10.2 Å². The largest absolute Gasteiger partial charge is 0.502 e. The summed E-state index contributed by atoms with van der Waals surface area (Å²) in [6.45, 7) is 0. The van der Waals surface area contributed by atoms with Gasteiger partial charge in [0.05, 0.1) is 26.2 Å². The molecule has 0 unspecified atom stereocenters. The number of aromatic nitrogens is 3. The van der Waals surface area contributed by atoms with Crippen LogP contribution in [0.4, 0.5) is 0 Å². The molecule has 1 aliphatic rings. The minimum Gasteiger partial charge on any atom is -0.502 e. The molecule has 0 aliphatic heterocycles. The fraction of sp³-hybridized carbons (Fsp3) is 0.360. The highest BCUT2D eigenvalue weighted by Gasteiger charge is 2.24. The predicted octanol–water partition coefficient (Wildman–Crippen LogP) is 5.07. The molecule has 36 heavy (non-hydrogen) atoms. The van der Waals surface area contributed by atoms with Crippen LogP contribution in [0.3, 0.4) is 0 Å². The van der Waals surface area contributed by atoms with Crippen LogP contribution in [0.25, 0.3) is 11.4 Å². The lowest BCUT2D eigenvalue weighted by atomic mass is 9.95. The highest BCUT2D eigenvalue weighted by Crippen LogP contribution is 2.37. The molecular formula is C25H28ClN5O4S. The van der Waals surface area contributed by atoms with E-state index in [-0.39, 0.29) is 28.9 Å². The average Bonchev–Trinajstić information content (AvgIpc) is 3.33. The number of aromatic hydroxyl groups is 1. The van der Waals surface area contributed by atoms with Gasteiger partial charge in [-0.3, -0.25) is 9.36 Å². The van der Waals surface area contributed by atoms with Gasteiger partial charge in [0.25, 0.3) is 5.91 Å². The number of halogens is 1. The molecule has 2 N–H and O–H groups in total. The summed E-state index contributed by atoms with van der Waals surface area (Å²) in [6, 6.07) is 11.0. The number of methoxy groups -OCH3 is 2. The van der Waals surface area contributed by atoms with Crippen molar-refractivity contribution in [3.8, 4) is 28.6 Å². The zero-order valence-electron chi connectivity index (χ0n) is 20.1. The van der Waals surface area contributed by atoms with Crippen LogP contribution in [0, 0.1) is 0 Å². The van der Waals surface area contributed by atoms with Crippen molar-refractivity contribution < 1.29 is 19.4 Å². The molecule has 1 fully saturated rings. The normalized spacial score (nSPS) is 14.2. The van der Waals surface area contributed by atoms with E-state index in [2.05, 4.69) is 25.3 Å². The molecule has 0 atom stereocenters. The zero-order chi connectivity index (χ0) is 25.5. The minimum atomic E-state index is -0.278. The number of hydrazone groups is 1. The number of carbonyl (C=O) groups is 1. The third kappa shape index (κ3) is 6.11. The molecule has 0 saturated heterocycles. The number of hydrogen-bond donors (Lipinski definition) is 2. The molecule has 1 saturated carbocycles. The Bertz CT molecular complexity index is 1200. The second-order valence-electron chi connectivity index (χ2n) is 8.33. The average molecular weight is 530 g/mol. The molecule has 0 radical (unpaired) electrons. The molecule has 4 rings (SSSR count). The van der Waals surface area contributed by atoms with E-state index in [1.807, 2.05) is 24.3 Å². The Labute approximate surface area is 218 Å². The molecule has 1 amide bonds. The van der Waals surface area contributed by atoms with Crippen LogP contribution in [0.5, 0.6) is 17.2 Å². The fourth-order valence-electron chi connectivity index (χ4n) is 4.17. The summed E-state index contributed by atoms with van der Waals surface area (Å²) in [5.74, 6) is 1.03. The van der Waals surface area contributed by atoms with Gasteiger partial charge < -0.3 is 14.6 Å². The van der Waals surface area contributed by atoms with Crippen molar-refractivity contribution in [2.75, 3.05) is 20.0 Å². The number of benzene rings is 2. The molecule has 1 heterocycles. The number of phenolic OH excluding ortho intramolecular Hbond substituents is 1. The summed E-state index contributed by atoms with van der Waals surface area (Å²) in [5.41, 5.74) is 4.07. The van der Waals surface area contributed by atoms with Crippen molar-refractivity contribution >= 4 is 35.5 Å². The van der Waals surface area contributed by atoms with Crippen molar-refractivity contribution in [1.82, 2.24) is 20.2 Å². The van der Waals surface area contributed by atoms with E-state index in [9.17, 15) is 9.90 Å². The summed E-state index contributed by atoms with van der Waals surface area (Å²) in [5, 5.41) is 24.3. The highest BCUT2D eigenvalue weighted by atomic mass is 35.5. The van der Waals surface area contributed by atoms with E-state index < -0.39 is 0 Å². The van der Waals surface area contributed by atoms with Gasteiger partial charge in [-0.05, 0) is 49.2 Å². The lowest BCUT2D eigenvalue weighted by Gasteiger charge is -2.25. The van der Waals surface area contributed by atoms with E-state index in [0.717, 1.165) is 37.1 Å². The van der Waals surface area contributed by atoms with Gasteiger partial charge in [-0.1, -0.05) is 42.6 Å². The molecule has 1 aliphatic carbocycles. The van der Waals surface area contributed by atoms with Crippen molar-refractivity contribution in [2.24, 2.45) is 5.10 Å². The van der Waals surface area contributed by atoms with Crippen molar-refractivity contribution in [2.45, 2.75) is 43.3 Å². The van der Waals surface area contributed by atoms with Gasteiger partial charge in [-0.2, -0.15) is 5.10 Å². The van der Waals surface area contributed by atoms with Gasteiger partial charge in [0, 0.05) is 22.2 Å². The standard InChI is InChI=1S/C25H28ClN5O4S/c1-34-20-12-16(13-21(35-2)23(20)33)14-27-28-22(32)15-36-25-30-29-24(17-8-10-18(26)11-9-17)31(25)19-6-4-3-5-7-19/h8-14,19,33H,3-7,15H2,1-2H3,(H,28,32)/b27-14+. The van der Waals surface area contributed by atoms with Crippen LogP contribution in [0.15, 0.2) is 46.7 Å². The van der Waals surface area contributed by atoms with Crippen LogP contribution in [-0.2, 0) is 4.79 Å². The van der Waals surface area contributed by atoms with Crippen LogP contribution in [0.2, 0.25) is 5.02 Å². The van der Waals surface area contributed by atoms with Crippen molar-refractivity contribution in [3.05, 3.63) is 47.0 Å². The number of nitrogens with zero attached hydrogens (tertiary/aromatic N) is 4. The van der Waals surface area contributed by atoms with Gasteiger partial charge >= 0.3 is 0 Å². The Morgan fingerprint density at radius 3 is 2.47 bits per heavy atom. The van der Waals surface area contributed by atoms with Gasteiger partial charge in [0.15, 0.2) is 22.5 Å². The molecular weight excluding hydrogens is 502 g/mol. The topological polar surface area (TPSA) is 111 Å². The van der Waals surface area contributed by atoms with Gasteiger partial charge in [-0.25, -0.2) is 5.43 Å². The lowest BCUT2D eigenvalue weighted by Crippen LogP contribution is -2.20. The number of phenols is 1. The summed E-state index contributed by atoms with van der Waals surface area (Å²) < 4.78 is 12.4. The third-order valence-corrected chi connectivity index (χ3v) is 7.14. The summed E-state index contributed by atoms with van der Waals surface area (Å²) in [7, 11) is 2.89. The Hall–Kier alpha value is -3.24. The third-order valence-electron chi connectivity index (χ3n) is 5.94. The minimum absolute atomic E-state index is 0.0994. The van der Waals surface area contributed by atoms with Crippen LogP contribution in [-0.4, -0.2) is 52.0 Å². The molecule has 0 spiro atoms. The monoisotopic (exact) mass is 529 g/mol. The molecule has 0 bridgehead atoms. The number of nitrogens with one attached hydrogen (secondary N) is 1. The Morgan fingerprint density at radius 2 is 1.83 bits per heavy atom. The second-order valence-corrected chi connectivity index (χ2v) is 9.71. The Morgan fingerprint density at radius 1 is 1.17 bits per heavy atom.